The third-order valence-electron chi connectivity index (χ3n) is 6.24. The van der Waals surface area contributed by atoms with Crippen molar-refractivity contribution in [2.45, 2.75) is 43.0 Å². The van der Waals surface area contributed by atoms with Crippen LogP contribution in [0.3, 0.4) is 0 Å². The molecule has 3 aliphatic carbocycles. The highest BCUT2D eigenvalue weighted by Gasteiger charge is 2.62. The summed E-state index contributed by atoms with van der Waals surface area (Å²) in [6.45, 7) is -2.53. The Bertz CT molecular complexity index is 1460. The van der Waals surface area contributed by atoms with Crippen molar-refractivity contribution in [1.29, 1.82) is 5.26 Å². The van der Waals surface area contributed by atoms with E-state index < -0.39 is 27.8 Å². The molecule has 3 aliphatic rings. The van der Waals surface area contributed by atoms with Crippen LogP contribution in [0, 0.1) is 23.6 Å². The molecule has 0 amide bonds. The van der Waals surface area contributed by atoms with Gasteiger partial charge in [0.05, 0.1) is 28.3 Å². The number of anilines is 1. The number of aromatic nitrogens is 4. The average Bonchev–Trinajstić information content (AvgIpc) is 3.34. The van der Waals surface area contributed by atoms with Gasteiger partial charge in [0.2, 0.25) is 10.0 Å². The summed E-state index contributed by atoms with van der Waals surface area (Å²) >= 11 is 0. The second-order valence-corrected chi connectivity index (χ2v) is 10.1. The van der Waals surface area contributed by atoms with Crippen molar-refractivity contribution in [2.24, 2.45) is 5.41 Å². The summed E-state index contributed by atoms with van der Waals surface area (Å²) in [5, 5.41) is 9.38. The minimum atomic E-state index is -4.00. The predicted octanol–water partition coefficient (Wildman–Crippen LogP) is 2.61. The summed E-state index contributed by atoms with van der Waals surface area (Å²) in [6, 6.07) is 6.13. The van der Waals surface area contributed by atoms with Crippen LogP contribution in [-0.2, 0) is 10.0 Å². The molecule has 3 N–H and O–H groups in total. The molecule has 10 heteroatoms. The number of aryl methyl sites for hydroxylation is 1. The molecule has 2 aromatic heterocycles. The molecule has 0 saturated heterocycles. The molecule has 162 valence electrons. The highest BCUT2D eigenvalue weighted by atomic mass is 32.2. The number of sulfonamides is 1. The maximum Gasteiger partial charge on any atom is 0.241 e. The van der Waals surface area contributed by atoms with Crippen molar-refractivity contribution < 1.29 is 12.5 Å². The predicted molar refractivity (Wildman–Crippen MR) is 117 cm³/mol. The first-order valence-corrected chi connectivity index (χ1v) is 11.4. The molecule has 2 bridgehead atoms. The van der Waals surface area contributed by atoms with Gasteiger partial charge in [0.25, 0.3) is 0 Å². The van der Waals surface area contributed by atoms with Gasteiger partial charge < -0.3 is 5.73 Å². The minimum absolute atomic E-state index is 0.0723. The van der Waals surface area contributed by atoms with E-state index >= 15 is 0 Å². The Kier molecular flexibility index (Phi) is 3.78. The Balaban J connectivity index is 1.57. The maximum absolute atomic E-state index is 13.3. The highest BCUT2D eigenvalue weighted by molar-refractivity contribution is 7.89. The number of hydrogen-bond acceptors (Lipinski definition) is 8. The van der Waals surface area contributed by atoms with Gasteiger partial charge in [-0.25, -0.2) is 33.1 Å². The molecule has 2 heterocycles. The first-order valence-electron chi connectivity index (χ1n) is 11.4. The van der Waals surface area contributed by atoms with Crippen LogP contribution in [0.5, 0.6) is 0 Å². The van der Waals surface area contributed by atoms with Crippen molar-refractivity contribution in [3.05, 3.63) is 48.7 Å². The van der Waals surface area contributed by atoms with Crippen LogP contribution in [0.4, 0.5) is 5.82 Å². The standard InChI is InChI=1S/C22H21N7O2S/c1-14-2-3-16(32(30,31)29-22-5-4-21(10-22,11-22)12-23)6-17(14)18-9-27-20(24)19(28-18)15-7-25-13-26-8-15/h2-3,6-9,13,29H,4-5,10-11H2,1H3,(H2,24,27)/i1D3. The van der Waals surface area contributed by atoms with Crippen LogP contribution >= 0.6 is 0 Å². The molecule has 0 radical (unpaired) electrons. The van der Waals surface area contributed by atoms with Crippen molar-refractivity contribution >= 4 is 15.8 Å². The largest absolute Gasteiger partial charge is 0.382 e. The number of hydrogen-bond donors (Lipinski definition) is 2. The molecule has 0 spiro atoms. The van der Waals surface area contributed by atoms with Gasteiger partial charge in [-0.1, -0.05) is 6.07 Å². The van der Waals surface area contributed by atoms with Gasteiger partial charge in [-0.15, -0.1) is 0 Å². The van der Waals surface area contributed by atoms with Crippen LogP contribution in [0.2, 0.25) is 0 Å². The molecule has 0 atom stereocenters. The minimum Gasteiger partial charge on any atom is -0.382 e. The SMILES string of the molecule is [2H]C([2H])([2H])c1ccc(S(=O)(=O)NC23CCC(C#N)(C2)C3)cc1-c1cnc(N)c(-c2cncnc2)n1. The second kappa shape index (κ2) is 7.05. The number of nitriles is 1. The molecule has 32 heavy (non-hydrogen) atoms. The van der Waals surface area contributed by atoms with Crippen LogP contribution in [0.25, 0.3) is 22.5 Å². The van der Waals surface area contributed by atoms with E-state index in [-0.39, 0.29) is 33.2 Å². The zero-order valence-corrected chi connectivity index (χ0v) is 17.7. The molecule has 0 aliphatic heterocycles. The number of nitrogens with one attached hydrogen (secondary N) is 1. The zero-order chi connectivity index (χ0) is 25.1. The summed E-state index contributed by atoms with van der Waals surface area (Å²) in [6.07, 6.45) is 7.83. The summed E-state index contributed by atoms with van der Waals surface area (Å²) in [4.78, 5) is 16.4. The first-order chi connectivity index (χ1) is 16.5. The number of nitrogens with two attached hydrogens (primary N) is 1. The fourth-order valence-electron chi connectivity index (χ4n) is 4.74. The molecule has 6 rings (SSSR count). The van der Waals surface area contributed by atoms with Crippen LogP contribution in [-0.4, -0.2) is 33.9 Å². The Hall–Kier alpha value is -3.42. The average molecular weight is 451 g/mol. The lowest BCUT2D eigenvalue weighted by atomic mass is 9.66. The van der Waals surface area contributed by atoms with Gasteiger partial charge in [-0.3, -0.25) is 0 Å². The fraction of sp³-hybridized carbons (Fsp3) is 0.318. The summed E-state index contributed by atoms with van der Waals surface area (Å²) < 4.78 is 53.2. The number of nitrogen functional groups attached to an aromatic ring is 1. The van der Waals surface area contributed by atoms with E-state index in [0.717, 1.165) is 0 Å². The van der Waals surface area contributed by atoms with Crippen molar-refractivity contribution in [3.8, 4) is 28.6 Å². The van der Waals surface area contributed by atoms with Gasteiger partial charge in [0, 0.05) is 33.2 Å². The fourth-order valence-corrected chi connectivity index (χ4v) is 6.20. The van der Waals surface area contributed by atoms with E-state index in [1.54, 1.807) is 0 Å². The molecule has 3 saturated carbocycles. The lowest BCUT2D eigenvalue weighted by Crippen LogP contribution is -2.55. The number of benzene rings is 1. The summed E-state index contributed by atoms with van der Waals surface area (Å²) in [5.41, 5.74) is 5.80. The molecule has 0 unspecified atom stereocenters. The lowest BCUT2D eigenvalue weighted by molar-refractivity contribution is 0.161. The molecule has 1 aromatic carbocycles. The molecular weight excluding hydrogens is 426 g/mol. The second-order valence-electron chi connectivity index (χ2n) is 8.46. The van der Waals surface area contributed by atoms with Crippen LogP contribution in [0.15, 0.2) is 48.0 Å². The molecule has 9 nitrogen and oxygen atoms in total. The zero-order valence-electron chi connectivity index (χ0n) is 19.9. The van der Waals surface area contributed by atoms with Crippen molar-refractivity contribution in [2.75, 3.05) is 5.73 Å². The molecule has 3 fully saturated rings. The van der Waals surface area contributed by atoms with E-state index in [9.17, 15) is 13.7 Å². The monoisotopic (exact) mass is 450 g/mol. The smallest absolute Gasteiger partial charge is 0.241 e. The first kappa shape index (κ1) is 17.2. The summed E-state index contributed by atoms with van der Waals surface area (Å²) in [5.74, 6) is 0.0933. The number of fused-ring (bicyclic) bond motifs is 1. The highest BCUT2D eigenvalue weighted by Crippen LogP contribution is 2.61. The van der Waals surface area contributed by atoms with Crippen molar-refractivity contribution in [3.63, 3.8) is 0 Å². The maximum atomic E-state index is 13.3. The van der Waals surface area contributed by atoms with Crippen LogP contribution < -0.4 is 10.5 Å². The normalized spacial score (nSPS) is 25.8. The van der Waals surface area contributed by atoms with Gasteiger partial charge in [-0.2, -0.15) is 5.26 Å². The van der Waals surface area contributed by atoms with Gasteiger partial charge in [0.15, 0.2) is 0 Å². The lowest BCUT2D eigenvalue weighted by Gasteiger charge is -2.43. The Labute approximate surface area is 190 Å². The Morgan fingerprint density at radius 1 is 1.22 bits per heavy atom. The van der Waals surface area contributed by atoms with Gasteiger partial charge >= 0.3 is 0 Å². The van der Waals surface area contributed by atoms with Gasteiger partial charge in [0.1, 0.15) is 17.8 Å². The third-order valence-corrected chi connectivity index (χ3v) is 7.81. The van der Waals surface area contributed by atoms with Gasteiger partial charge in [-0.05, 0) is 50.2 Å². The van der Waals surface area contributed by atoms with E-state index in [1.807, 2.05) is 0 Å². The van der Waals surface area contributed by atoms with E-state index in [1.165, 1.54) is 43.1 Å². The number of nitrogens with zero attached hydrogens (tertiary/aromatic N) is 5. The Morgan fingerprint density at radius 3 is 2.69 bits per heavy atom. The molecule has 3 aromatic rings. The summed E-state index contributed by atoms with van der Waals surface area (Å²) in [7, 11) is -4.00. The van der Waals surface area contributed by atoms with Crippen LogP contribution in [0.1, 0.15) is 35.4 Å². The topological polar surface area (TPSA) is 148 Å². The molecular formula is C22H21N7O2S. The Morgan fingerprint density at radius 2 is 2.00 bits per heavy atom. The van der Waals surface area contributed by atoms with E-state index in [0.29, 0.717) is 31.2 Å². The third kappa shape index (κ3) is 3.30. The quantitative estimate of drug-likeness (QED) is 0.603. The van der Waals surface area contributed by atoms with E-state index in [4.69, 9.17) is 9.85 Å². The number of rotatable bonds is 5. The van der Waals surface area contributed by atoms with E-state index in [2.05, 4.69) is 30.7 Å². The van der Waals surface area contributed by atoms with Crippen molar-refractivity contribution in [1.82, 2.24) is 24.7 Å².